The summed E-state index contributed by atoms with van der Waals surface area (Å²) in [5, 5.41) is 9.29. The Balaban J connectivity index is 1.94. The first-order chi connectivity index (χ1) is 14.8. The molecule has 4 atom stereocenters. The van der Waals surface area contributed by atoms with Crippen molar-refractivity contribution in [2.45, 2.75) is 44.5 Å². The van der Waals surface area contributed by atoms with E-state index in [0.717, 1.165) is 19.3 Å². The van der Waals surface area contributed by atoms with Gasteiger partial charge in [0.1, 0.15) is 18.5 Å². The molecule has 0 unspecified atom stereocenters. The Bertz CT molecular complexity index is 852. The third-order valence-corrected chi connectivity index (χ3v) is 6.08. The second kappa shape index (κ2) is 10.1. The molecule has 8 nitrogen and oxygen atoms in total. The molecule has 2 aliphatic rings. The summed E-state index contributed by atoms with van der Waals surface area (Å²) in [5.41, 5.74) is 0.667. The van der Waals surface area contributed by atoms with Crippen molar-refractivity contribution in [1.82, 2.24) is 9.80 Å². The summed E-state index contributed by atoms with van der Waals surface area (Å²) in [6.07, 6.45) is 2.05. The van der Waals surface area contributed by atoms with Gasteiger partial charge in [-0.1, -0.05) is 6.92 Å². The molecule has 2 heterocycles. The summed E-state index contributed by atoms with van der Waals surface area (Å²) >= 11 is 0. The van der Waals surface area contributed by atoms with Crippen LogP contribution in [0.4, 0.5) is 0 Å². The number of nitriles is 1. The van der Waals surface area contributed by atoms with E-state index < -0.39 is 0 Å². The summed E-state index contributed by atoms with van der Waals surface area (Å²) in [6, 6.07) is 6.86. The van der Waals surface area contributed by atoms with Gasteiger partial charge in [0.05, 0.1) is 35.3 Å². The Hall–Kier alpha value is -2.63. The van der Waals surface area contributed by atoms with E-state index in [1.54, 1.807) is 38.2 Å². The minimum Gasteiger partial charge on any atom is -0.490 e. The summed E-state index contributed by atoms with van der Waals surface area (Å²) in [6.45, 7) is 2.91. The fourth-order valence-electron chi connectivity index (χ4n) is 4.23. The van der Waals surface area contributed by atoms with Gasteiger partial charge in [-0.2, -0.15) is 5.26 Å². The summed E-state index contributed by atoms with van der Waals surface area (Å²) in [7, 11) is 5.10. The zero-order valence-corrected chi connectivity index (χ0v) is 18.7. The Labute approximate surface area is 183 Å². The van der Waals surface area contributed by atoms with Gasteiger partial charge in [0.25, 0.3) is 5.91 Å². The van der Waals surface area contributed by atoms with Crippen molar-refractivity contribution in [3.05, 3.63) is 29.3 Å². The fourth-order valence-corrected chi connectivity index (χ4v) is 4.23. The molecule has 0 radical (unpaired) electrons. The van der Waals surface area contributed by atoms with E-state index in [9.17, 15) is 14.9 Å². The molecule has 0 N–H and O–H groups in total. The number of nitrogens with zero attached hydrogens (tertiary/aromatic N) is 3. The molecule has 1 saturated heterocycles. The highest BCUT2D eigenvalue weighted by atomic mass is 16.6. The van der Waals surface area contributed by atoms with Crippen LogP contribution in [0, 0.1) is 17.2 Å². The van der Waals surface area contributed by atoms with E-state index in [0.29, 0.717) is 23.4 Å². The molecule has 168 valence electrons. The van der Waals surface area contributed by atoms with Gasteiger partial charge in [0.15, 0.2) is 0 Å². The minimum atomic E-state index is -0.356. The normalized spacial score (nSPS) is 28.1. The van der Waals surface area contributed by atoms with Crippen LogP contribution in [-0.4, -0.2) is 80.8 Å². The van der Waals surface area contributed by atoms with Gasteiger partial charge in [0.2, 0.25) is 5.91 Å². The second-order valence-electron chi connectivity index (χ2n) is 8.42. The fraction of sp³-hybridized carbons (Fsp3) is 0.609. The molecule has 31 heavy (non-hydrogen) atoms. The van der Waals surface area contributed by atoms with Crippen molar-refractivity contribution in [2.75, 3.05) is 40.9 Å². The Kier molecular flexibility index (Phi) is 7.52. The van der Waals surface area contributed by atoms with E-state index in [1.807, 2.05) is 6.92 Å². The van der Waals surface area contributed by atoms with Crippen molar-refractivity contribution in [1.29, 1.82) is 5.26 Å². The highest BCUT2D eigenvalue weighted by molar-refractivity contribution is 5.97. The SMILES string of the molecule is CO[C@H]1CC[C@H]2CCN(C)C(=O)[C@@H](C)CN(C)C(=O)c3cc(C#N)ccc3OC[C@H]1O2. The number of carbonyl (C=O) groups excluding carboxylic acids is 2. The predicted molar refractivity (Wildman–Crippen MR) is 114 cm³/mol. The molecule has 2 amide bonds. The number of carbonyl (C=O) groups is 2. The van der Waals surface area contributed by atoms with Crippen LogP contribution in [0.15, 0.2) is 18.2 Å². The zero-order chi connectivity index (χ0) is 22.5. The Morgan fingerprint density at radius 1 is 1.16 bits per heavy atom. The third kappa shape index (κ3) is 5.35. The highest BCUT2D eigenvalue weighted by Gasteiger charge is 2.33. The average Bonchev–Trinajstić information content (AvgIpc) is 2.79. The molecule has 0 spiro atoms. The minimum absolute atomic E-state index is 0.0143. The third-order valence-electron chi connectivity index (χ3n) is 6.08. The van der Waals surface area contributed by atoms with E-state index in [4.69, 9.17) is 14.2 Å². The van der Waals surface area contributed by atoms with E-state index >= 15 is 0 Å². The monoisotopic (exact) mass is 429 g/mol. The van der Waals surface area contributed by atoms with Crippen molar-refractivity contribution >= 4 is 11.8 Å². The van der Waals surface area contributed by atoms with Gasteiger partial charge in [0, 0.05) is 34.3 Å². The number of amides is 2. The number of fused-ring (bicyclic) bond motifs is 3. The molecule has 0 saturated carbocycles. The average molecular weight is 430 g/mol. The number of ether oxygens (including phenoxy) is 3. The van der Waals surface area contributed by atoms with Crippen molar-refractivity contribution in [3.8, 4) is 11.8 Å². The maximum Gasteiger partial charge on any atom is 0.257 e. The lowest BCUT2D eigenvalue weighted by Gasteiger charge is -2.36. The first kappa shape index (κ1) is 23.0. The molecule has 8 heteroatoms. The second-order valence-corrected chi connectivity index (χ2v) is 8.42. The molecule has 2 aliphatic heterocycles. The molecule has 0 aliphatic carbocycles. The lowest BCUT2D eigenvalue weighted by molar-refractivity contribution is -0.146. The largest absolute Gasteiger partial charge is 0.490 e. The van der Waals surface area contributed by atoms with Crippen LogP contribution < -0.4 is 4.74 Å². The lowest BCUT2D eigenvalue weighted by atomic mass is 9.99. The van der Waals surface area contributed by atoms with Crippen LogP contribution in [-0.2, 0) is 14.3 Å². The van der Waals surface area contributed by atoms with Crippen molar-refractivity contribution in [3.63, 3.8) is 0 Å². The summed E-state index contributed by atoms with van der Waals surface area (Å²) < 4.78 is 17.9. The van der Waals surface area contributed by atoms with Gasteiger partial charge < -0.3 is 24.0 Å². The molecule has 1 aromatic rings. The number of hydrogen-bond donors (Lipinski definition) is 0. The van der Waals surface area contributed by atoms with Crippen LogP contribution in [0.3, 0.4) is 0 Å². The molecule has 2 bridgehead atoms. The summed E-state index contributed by atoms with van der Waals surface area (Å²) in [4.78, 5) is 29.2. The van der Waals surface area contributed by atoms with Gasteiger partial charge in [-0.25, -0.2) is 0 Å². The van der Waals surface area contributed by atoms with Gasteiger partial charge in [-0.15, -0.1) is 0 Å². The van der Waals surface area contributed by atoms with Gasteiger partial charge >= 0.3 is 0 Å². The molecular weight excluding hydrogens is 398 g/mol. The standard InChI is InChI=1S/C23H31N3O5/c1-15-13-26(3)23(28)18-11-16(12-24)5-7-19(18)30-14-21-20(29-4)8-6-17(31-21)9-10-25(2)22(15)27/h5,7,11,15,17,20-21H,6,8-10,13-14H2,1-4H3/t15-,17-,20-,21+/m0/s1. The van der Waals surface area contributed by atoms with Crippen LogP contribution in [0.1, 0.15) is 42.1 Å². The number of benzene rings is 1. The zero-order valence-electron chi connectivity index (χ0n) is 18.7. The first-order valence-corrected chi connectivity index (χ1v) is 10.7. The molecule has 3 rings (SSSR count). The molecular formula is C23H31N3O5. The van der Waals surface area contributed by atoms with Crippen LogP contribution in [0.5, 0.6) is 5.75 Å². The van der Waals surface area contributed by atoms with Crippen molar-refractivity contribution < 1.29 is 23.8 Å². The lowest BCUT2D eigenvalue weighted by Crippen LogP contribution is -2.44. The maximum absolute atomic E-state index is 13.2. The quantitative estimate of drug-likeness (QED) is 0.679. The predicted octanol–water partition coefficient (Wildman–Crippen LogP) is 2.07. The molecule has 1 aromatic carbocycles. The topological polar surface area (TPSA) is 92.1 Å². The Morgan fingerprint density at radius 3 is 2.65 bits per heavy atom. The van der Waals surface area contributed by atoms with E-state index in [2.05, 4.69) is 6.07 Å². The Morgan fingerprint density at radius 2 is 1.94 bits per heavy atom. The highest BCUT2D eigenvalue weighted by Crippen LogP contribution is 2.27. The van der Waals surface area contributed by atoms with E-state index in [-0.39, 0.29) is 49.2 Å². The molecule has 1 fully saturated rings. The molecule has 0 aromatic heterocycles. The first-order valence-electron chi connectivity index (χ1n) is 10.7. The number of hydrogen-bond acceptors (Lipinski definition) is 6. The van der Waals surface area contributed by atoms with Gasteiger partial charge in [-0.3, -0.25) is 9.59 Å². The number of methoxy groups -OCH3 is 1. The van der Waals surface area contributed by atoms with E-state index in [1.165, 1.54) is 11.0 Å². The van der Waals surface area contributed by atoms with Gasteiger partial charge in [-0.05, 0) is 37.5 Å². The number of rotatable bonds is 1. The van der Waals surface area contributed by atoms with Crippen molar-refractivity contribution in [2.24, 2.45) is 5.92 Å². The maximum atomic E-state index is 13.2. The smallest absolute Gasteiger partial charge is 0.257 e. The van der Waals surface area contributed by atoms with Crippen LogP contribution >= 0.6 is 0 Å². The van der Waals surface area contributed by atoms with Crippen LogP contribution in [0.2, 0.25) is 0 Å². The summed E-state index contributed by atoms with van der Waals surface area (Å²) in [5.74, 6) is -0.276. The van der Waals surface area contributed by atoms with Crippen LogP contribution in [0.25, 0.3) is 0 Å².